The van der Waals surface area contributed by atoms with Gasteiger partial charge in [0, 0.05) is 48.8 Å². The van der Waals surface area contributed by atoms with Crippen molar-refractivity contribution in [3.05, 3.63) is 36.3 Å². The van der Waals surface area contributed by atoms with Crippen LogP contribution >= 0.6 is 0 Å². The van der Waals surface area contributed by atoms with Crippen LogP contribution in [0.1, 0.15) is 26.5 Å². The lowest BCUT2D eigenvalue weighted by atomic mass is 10.2. The van der Waals surface area contributed by atoms with E-state index in [-0.39, 0.29) is 0 Å². The Morgan fingerprint density at radius 2 is 2.09 bits per heavy atom. The molecule has 1 N–H and O–H groups in total. The number of nitrogens with zero attached hydrogens (tertiary/aromatic N) is 4. The highest BCUT2D eigenvalue weighted by Gasteiger charge is 2.08. The number of nitrogens with one attached hydrogen (secondary N) is 1. The summed E-state index contributed by atoms with van der Waals surface area (Å²) in [5.41, 5.74) is 1.89. The molecule has 22 heavy (non-hydrogen) atoms. The third-order valence-electron chi connectivity index (χ3n) is 3.62. The Morgan fingerprint density at radius 3 is 2.73 bits per heavy atom. The van der Waals surface area contributed by atoms with Crippen LogP contribution in [-0.2, 0) is 0 Å². The monoisotopic (exact) mass is 299 g/mol. The zero-order chi connectivity index (χ0) is 15.9. The second kappa shape index (κ2) is 7.84. The van der Waals surface area contributed by atoms with Crippen molar-refractivity contribution in [2.45, 2.75) is 33.7 Å². The largest absolute Gasteiger partial charge is 0.369 e. The Morgan fingerprint density at radius 1 is 1.27 bits per heavy atom. The van der Waals surface area contributed by atoms with Gasteiger partial charge in [-0.15, -0.1) is 0 Å². The van der Waals surface area contributed by atoms with Gasteiger partial charge in [-0.3, -0.25) is 9.88 Å². The van der Waals surface area contributed by atoms with Crippen LogP contribution in [0.4, 0.5) is 5.82 Å². The fourth-order valence-corrected chi connectivity index (χ4v) is 2.39. The maximum absolute atomic E-state index is 4.59. The summed E-state index contributed by atoms with van der Waals surface area (Å²) >= 11 is 0. The van der Waals surface area contributed by atoms with Gasteiger partial charge in [0.1, 0.15) is 5.82 Å². The summed E-state index contributed by atoms with van der Waals surface area (Å²) in [6.45, 7) is 11.5. The highest BCUT2D eigenvalue weighted by molar-refractivity contribution is 5.56. The number of hydrogen-bond donors (Lipinski definition) is 1. The van der Waals surface area contributed by atoms with E-state index < -0.39 is 0 Å². The van der Waals surface area contributed by atoms with Crippen molar-refractivity contribution in [1.29, 1.82) is 0 Å². The van der Waals surface area contributed by atoms with Crippen LogP contribution in [-0.4, -0.2) is 45.5 Å². The van der Waals surface area contributed by atoms with Crippen molar-refractivity contribution in [1.82, 2.24) is 19.9 Å². The Balaban J connectivity index is 2.04. The Kier molecular flexibility index (Phi) is 5.83. The number of rotatable bonds is 7. The van der Waals surface area contributed by atoms with Crippen LogP contribution < -0.4 is 5.32 Å². The summed E-state index contributed by atoms with van der Waals surface area (Å²) in [6, 6.07) is 6.41. The second-order valence-corrected chi connectivity index (χ2v) is 5.61. The van der Waals surface area contributed by atoms with Gasteiger partial charge >= 0.3 is 0 Å². The maximum Gasteiger partial charge on any atom is 0.163 e. The SMILES string of the molecule is CCN(CCNc1cc(C)nc(-c2cccnc2)n1)C(C)C. The summed E-state index contributed by atoms with van der Waals surface area (Å²) in [5, 5.41) is 3.40. The molecule has 0 spiro atoms. The number of aryl methyl sites for hydroxylation is 1. The van der Waals surface area contributed by atoms with Crippen molar-refractivity contribution in [3.8, 4) is 11.4 Å². The molecule has 0 aliphatic rings. The van der Waals surface area contributed by atoms with E-state index in [2.05, 4.69) is 45.9 Å². The van der Waals surface area contributed by atoms with Gasteiger partial charge in [-0.2, -0.15) is 0 Å². The minimum Gasteiger partial charge on any atom is -0.369 e. The van der Waals surface area contributed by atoms with Crippen LogP contribution in [0.25, 0.3) is 11.4 Å². The van der Waals surface area contributed by atoms with E-state index in [9.17, 15) is 0 Å². The van der Waals surface area contributed by atoms with E-state index in [1.54, 1.807) is 12.4 Å². The summed E-state index contributed by atoms with van der Waals surface area (Å²) in [7, 11) is 0. The molecule has 0 aliphatic carbocycles. The first-order valence-electron chi connectivity index (χ1n) is 7.84. The second-order valence-electron chi connectivity index (χ2n) is 5.61. The molecule has 2 aromatic rings. The number of aromatic nitrogens is 3. The fraction of sp³-hybridized carbons (Fsp3) is 0.471. The predicted octanol–water partition coefficient (Wildman–Crippen LogP) is 2.99. The molecule has 0 aliphatic heterocycles. The molecule has 0 aromatic carbocycles. The summed E-state index contributed by atoms with van der Waals surface area (Å²) in [4.78, 5) is 15.6. The van der Waals surface area contributed by atoms with E-state index >= 15 is 0 Å². The van der Waals surface area contributed by atoms with Gasteiger partial charge in [0.15, 0.2) is 5.82 Å². The van der Waals surface area contributed by atoms with Gasteiger partial charge in [-0.1, -0.05) is 6.92 Å². The third kappa shape index (κ3) is 4.49. The van der Waals surface area contributed by atoms with Crippen molar-refractivity contribution < 1.29 is 0 Å². The van der Waals surface area contributed by atoms with E-state index in [0.29, 0.717) is 11.9 Å². The molecule has 0 atom stereocenters. The zero-order valence-electron chi connectivity index (χ0n) is 13.9. The van der Waals surface area contributed by atoms with E-state index in [4.69, 9.17) is 0 Å². The lowest BCUT2D eigenvalue weighted by molar-refractivity contribution is 0.243. The van der Waals surface area contributed by atoms with Crippen LogP contribution in [0.3, 0.4) is 0 Å². The molecule has 5 nitrogen and oxygen atoms in total. The third-order valence-corrected chi connectivity index (χ3v) is 3.62. The summed E-state index contributed by atoms with van der Waals surface area (Å²) in [6.07, 6.45) is 3.54. The van der Waals surface area contributed by atoms with Gasteiger partial charge in [-0.05, 0) is 39.4 Å². The normalized spacial score (nSPS) is 11.2. The average molecular weight is 299 g/mol. The molecular weight excluding hydrogens is 274 g/mol. The lowest BCUT2D eigenvalue weighted by Crippen LogP contribution is -2.34. The lowest BCUT2D eigenvalue weighted by Gasteiger charge is -2.24. The quantitative estimate of drug-likeness (QED) is 0.852. The number of hydrogen-bond acceptors (Lipinski definition) is 5. The Labute approximate surface area is 132 Å². The first-order chi connectivity index (χ1) is 10.6. The topological polar surface area (TPSA) is 53.9 Å². The molecule has 0 amide bonds. The molecule has 2 heterocycles. The minimum atomic E-state index is 0.560. The number of likely N-dealkylation sites (N-methyl/N-ethyl adjacent to an activating group) is 1. The molecule has 0 fully saturated rings. The van der Waals surface area contributed by atoms with Gasteiger partial charge in [0.05, 0.1) is 0 Å². The Bertz CT molecular complexity index is 583. The standard InChI is InChI=1S/C17H25N5/c1-5-22(13(2)3)10-9-19-16-11-14(4)20-17(21-16)15-7-6-8-18-12-15/h6-8,11-13H,5,9-10H2,1-4H3,(H,19,20,21). The molecular formula is C17H25N5. The molecule has 5 heteroatoms. The maximum atomic E-state index is 4.59. The average Bonchev–Trinajstić information content (AvgIpc) is 2.51. The van der Waals surface area contributed by atoms with Crippen LogP contribution in [0.2, 0.25) is 0 Å². The molecule has 2 aromatic heterocycles. The van der Waals surface area contributed by atoms with Crippen molar-refractivity contribution >= 4 is 5.82 Å². The molecule has 118 valence electrons. The minimum absolute atomic E-state index is 0.560. The van der Waals surface area contributed by atoms with Gasteiger partial charge in [-0.25, -0.2) is 9.97 Å². The molecule has 0 saturated heterocycles. The van der Waals surface area contributed by atoms with Crippen LogP contribution in [0.15, 0.2) is 30.6 Å². The van der Waals surface area contributed by atoms with E-state index in [1.165, 1.54) is 0 Å². The highest BCUT2D eigenvalue weighted by atomic mass is 15.2. The van der Waals surface area contributed by atoms with Crippen LogP contribution in [0, 0.1) is 6.92 Å². The van der Waals surface area contributed by atoms with E-state index in [1.807, 2.05) is 25.1 Å². The first kappa shape index (κ1) is 16.4. The zero-order valence-corrected chi connectivity index (χ0v) is 13.9. The van der Waals surface area contributed by atoms with Gasteiger partial charge in [0.25, 0.3) is 0 Å². The van der Waals surface area contributed by atoms with E-state index in [0.717, 1.165) is 36.7 Å². The molecule has 0 bridgehead atoms. The van der Waals surface area contributed by atoms with Crippen molar-refractivity contribution in [2.24, 2.45) is 0 Å². The van der Waals surface area contributed by atoms with Gasteiger partial charge in [0.2, 0.25) is 0 Å². The summed E-state index contributed by atoms with van der Waals surface area (Å²) in [5.74, 6) is 1.58. The van der Waals surface area contributed by atoms with Crippen molar-refractivity contribution in [2.75, 3.05) is 25.0 Å². The fourth-order valence-electron chi connectivity index (χ4n) is 2.39. The first-order valence-corrected chi connectivity index (χ1v) is 7.84. The Hall–Kier alpha value is -2.01. The molecule has 0 saturated carbocycles. The van der Waals surface area contributed by atoms with Crippen molar-refractivity contribution in [3.63, 3.8) is 0 Å². The number of pyridine rings is 1. The van der Waals surface area contributed by atoms with Gasteiger partial charge < -0.3 is 5.32 Å². The number of anilines is 1. The highest BCUT2D eigenvalue weighted by Crippen LogP contribution is 2.16. The molecule has 0 radical (unpaired) electrons. The summed E-state index contributed by atoms with van der Waals surface area (Å²) < 4.78 is 0. The molecule has 0 unspecified atom stereocenters. The molecule has 2 rings (SSSR count). The predicted molar refractivity (Wildman–Crippen MR) is 90.9 cm³/mol. The van der Waals surface area contributed by atoms with Crippen LogP contribution in [0.5, 0.6) is 0 Å². The smallest absolute Gasteiger partial charge is 0.163 e.